The molecule has 0 spiro atoms. The second-order valence-electron chi connectivity index (χ2n) is 3.43. The number of hydrogen-bond donors (Lipinski definition) is 2. The molecule has 2 N–H and O–H groups in total. The van der Waals surface area contributed by atoms with E-state index in [9.17, 15) is 9.90 Å². The van der Waals surface area contributed by atoms with E-state index in [0.29, 0.717) is 11.1 Å². The van der Waals surface area contributed by atoms with Crippen molar-refractivity contribution < 1.29 is 19.7 Å². The molecule has 4 heteroatoms. The van der Waals surface area contributed by atoms with Gasteiger partial charge in [-0.2, -0.15) is 0 Å². The second-order valence-corrected chi connectivity index (χ2v) is 3.43. The molecule has 1 fully saturated rings. The number of ketones is 1. The van der Waals surface area contributed by atoms with E-state index in [1.54, 1.807) is 19.1 Å². The van der Waals surface area contributed by atoms with Crippen LogP contribution in [0.3, 0.4) is 0 Å². The first-order chi connectivity index (χ1) is 6.70. The van der Waals surface area contributed by atoms with Gasteiger partial charge in [-0.25, -0.2) is 0 Å². The fraction of sp³-hybridized carbons (Fsp3) is 0.500. The third-order valence-electron chi connectivity index (χ3n) is 2.57. The van der Waals surface area contributed by atoms with Gasteiger partial charge >= 0.3 is 0 Å². The highest BCUT2D eigenvalue weighted by molar-refractivity contribution is 6.05. The summed E-state index contributed by atoms with van der Waals surface area (Å²) < 4.78 is 5.02. The molecule has 0 aromatic rings. The number of ether oxygens (including phenoxy) is 1. The van der Waals surface area contributed by atoms with E-state index in [1.807, 2.05) is 0 Å². The van der Waals surface area contributed by atoms with Crippen LogP contribution in [0.5, 0.6) is 0 Å². The average Bonchev–Trinajstić information content (AvgIpc) is 2.94. The minimum absolute atomic E-state index is 0.137. The molecule has 0 bridgehead atoms. The van der Waals surface area contributed by atoms with Gasteiger partial charge in [-0.05, 0) is 12.5 Å². The highest BCUT2D eigenvalue weighted by Crippen LogP contribution is 2.37. The van der Waals surface area contributed by atoms with Crippen molar-refractivity contribution in [3.63, 3.8) is 0 Å². The Morgan fingerprint density at radius 2 is 2.29 bits per heavy atom. The molecule has 1 aliphatic carbocycles. The average molecular weight is 196 g/mol. The molecule has 0 aromatic carbocycles. The Morgan fingerprint density at radius 1 is 1.57 bits per heavy atom. The van der Waals surface area contributed by atoms with Crippen molar-refractivity contribution in [3.05, 3.63) is 23.3 Å². The van der Waals surface area contributed by atoms with Crippen LogP contribution in [0, 0.1) is 0 Å². The van der Waals surface area contributed by atoms with E-state index in [1.165, 1.54) is 0 Å². The fourth-order valence-electron chi connectivity index (χ4n) is 1.78. The van der Waals surface area contributed by atoms with Crippen molar-refractivity contribution in [2.75, 3.05) is 6.61 Å². The minimum atomic E-state index is -0.839. The lowest BCUT2D eigenvalue weighted by Gasteiger charge is -2.17. The highest BCUT2D eigenvalue weighted by Gasteiger charge is 2.55. The molecule has 3 atom stereocenters. The Labute approximate surface area is 81.5 Å². The van der Waals surface area contributed by atoms with Gasteiger partial charge in [0, 0.05) is 5.57 Å². The molecule has 0 aromatic heterocycles. The van der Waals surface area contributed by atoms with Crippen molar-refractivity contribution in [2.24, 2.45) is 0 Å². The predicted octanol–water partition coefficient (Wildman–Crippen LogP) is -0.438. The number of carbonyl (C=O) groups excluding carboxylic acids is 1. The van der Waals surface area contributed by atoms with Crippen LogP contribution in [0.1, 0.15) is 6.92 Å². The highest BCUT2D eigenvalue weighted by atomic mass is 16.6. The van der Waals surface area contributed by atoms with E-state index in [4.69, 9.17) is 9.84 Å². The number of aliphatic hydroxyl groups excluding tert-OH is 2. The lowest BCUT2D eigenvalue weighted by molar-refractivity contribution is -0.116. The predicted molar refractivity (Wildman–Crippen MR) is 48.6 cm³/mol. The zero-order chi connectivity index (χ0) is 10.3. The number of epoxide rings is 1. The molecular formula is C10H12O4. The third kappa shape index (κ3) is 1.23. The van der Waals surface area contributed by atoms with Crippen LogP contribution in [0.4, 0.5) is 0 Å². The van der Waals surface area contributed by atoms with E-state index >= 15 is 0 Å². The van der Waals surface area contributed by atoms with Gasteiger partial charge in [-0.3, -0.25) is 4.79 Å². The zero-order valence-electron chi connectivity index (χ0n) is 7.80. The summed E-state index contributed by atoms with van der Waals surface area (Å²) in [5.74, 6) is -0.137. The van der Waals surface area contributed by atoms with E-state index in [2.05, 4.69) is 0 Å². The van der Waals surface area contributed by atoms with Crippen molar-refractivity contribution >= 4 is 5.78 Å². The number of hydrogen-bond acceptors (Lipinski definition) is 4. The summed E-state index contributed by atoms with van der Waals surface area (Å²) in [6.45, 7) is 1.47. The first-order valence-electron chi connectivity index (χ1n) is 4.55. The van der Waals surface area contributed by atoms with Crippen LogP contribution >= 0.6 is 0 Å². The summed E-state index contributed by atoms with van der Waals surface area (Å²) in [5.41, 5.74) is 0.758. The largest absolute Gasteiger partial charge is 0.392 e. The van der Waals surface area contributed by atoms with Crippen LogP contribution in [0.2, 0.25) is 0 Å². The Bertz CT molecular complexity index is 329. The van der Waals surface area contributed by atoms with Crippen LogP contribution in [0.15, 0.2) is 23.3 Å². The van der Waals surface area contributed by atoms with Crippen molar-refractivity contribution in [3.8, 4) is 0 Å². The van der Waals surface area contributed by atoms with Gasteiger partial charge in [-0.1, -0.05) is 12.2 Å². The van der Waals surface area contributed by atoms with Crippen molar-refractivity contribution in [2.45, 2.75) is 25.2 Å². The van der Waals surface area contributed by atoms with Crippen LogP contribution < -0.4 is 0 Å². The van der Waals surface area contributed by atoms with E-state index in [-0.39, 0.29) is 12.4 Å². The fourth-order valence-corrected chi connectivity index (χ4v) is 1.78. The molecule has 2 aliphatic rings. The molecule has 14 heavy (non-hydrogen) atoms. The molecule has 0 amide bonds. The minimum Gasteiger partial charge on any atom is -0.392 e. The number of aliphatic hydroxyl groups is 2. The third-order valence-corrected chi connectivity index (χ3v) is 2.57. The first-order valence-corrected chi connectivity index (χ1v) is 4.55. The lowest BCUT2D eigenvalue weighted by Crippen LogP contribution is -2.32. The molecule has 4 nitrogen and oxygen atoms in total. The van der Waals surface area contributed by atoms with Crippen LogP contribution in [-0.4, -0.2) is 40.9 Å². The monoisotopic (exact) mass is 196 g/mol. The van der Waals surface area contributed by atoms with Crippen LogP contribution in [0.25, 0.3) is 0 Å². The summed E-state index contributed by atoms with van der Waals surface area (Å²) in [7, 11) is 0. The van der Waals surface area contributed by atoms with Gasteiger partial charge in [0.05, 0.1) is 6.61 Å². The number of carbonyl (C=O) groups is 1. The van der Waals surface area contributed by atoms with E-state index < -0.39 is 18.3 Å². The van der Waals surface area contributed by atoms with Gasteiger partial charge < -0.3 is 14.9 Å². The van der Waals surface area contributed by atoms with Gasteiger partial charge in [0.15, 0.2) is 5.78 Å². The summed E-state index contributed by atoms with van der Waals surface area (Å²) in [6, 6.07) is 0. The normalized spacial score (nSPS) is 36.5. The SMILES string of the molecule is C/C=C/C1=C(CO)[C@@H](O)[C@H]2O[C@H]2C1=O. The van der Waals surface area contributed by atoms with Gasteiger partial charge in [0.1, 0.15) is 18.3 Å². The van der Waals surface area contributed by atoms with Gasteiger partial charge in [0.25, 0.3) is 0 Å². The molecule has 0 unspecified atom stereocenters. The lowest BCUT2D eigenvalue weighted by atomic mass is 9.88. The van der Waals surface area contributed by atoms with Gasteiger partial charge in [-0.15, -0.1) is 0 Å². The van der Waals surface area contributed by atoms with Crippen LogP contribution in [-0.2, 0) is 9.53 Å². The first kappa shape index (κ1) is 9.58. The standard InChI is InChI=1S/C10H12O4/c1-2-3-5-6(4-11)8(13)10-9(14-10)7(5)12/h2-3,8-11,13H,4H2,1H3/b3-2+/t8-,9+,10-/m1/s1. The Balaban J connectivity index is 2.41. The molecular weight excluding hydrogens is 184 g/mol. The maximum atomic E-state index is 11.6. The molecule has 1 heterocycles. The molecule has 0 saturated carbocycles. The molecule has 2 rings (SSSR count). The Morgan fingerprint density at radius 3 is 2.86 bits per heavy atom. The van der Waals surface area contributed by atoms with E-state index in [0.717, 1.165) is 0 Å². The Hall–Kier alpha value is -0.970. The number of allylic oxidation sites excluding steroid dienone is 2. The van der Waals surface area contributed by atoms with Gasteiger partial charge in [0.2, 0.25) is 0 Å². The summed E-state index contributed by atoms with van der Waals surface area (Å²) in [6.07, 6.45) is 1.55. The second kappa shape index (κ2) is 3.31. The summed E-state index contributed by atoms with van der Waals surface area (Å²) in [5, 5.41) is 18.7. The number of fused-ring (bicyclic) bond motifs is 1. The molecule has 1 saturated heterocycles. The number of rotatable bonds is 2. The van der Waals surface area contributed by atoms with Crippen molar-refractivity contribution in [1.29, 1.82) is 0 Å². The zero-order valence-corrected chi connectivity index (χ0v) is 7.80. The molecule has 1 aliphatic heterocycles. The topological polar surface area (TPSA) is 70.1 Å². The molecule has 76 valence electrons. The summed E-state index contributed by atoms with van der Waals surface area (Å²) in [4.78, 5) is 11.6. The summed E-state index contributed by atoms with van der Waals surface area (Å²) >= 11 is 0. The quantitative estimate of drug-likeness (QED) is 0.587. The van der Waals surface area contributed by atoms with Crippen molar-refractivity contribution in [1.82, 2.24) is 0 Å². The maximum Gasteiger partial charge on any atom is 0.194 e. The smallest absolute Gasteiger partial charge is 0.194 e. The Kier molecular flexibility index (Phi) is 2.26. The number of Topliss-reactive ketones (excluding diaryl/α,β-unsaturated/α-hetero) is 1. The molecule has 0 radical (unpaired) electrons. The maximum absolute atomic E-state index is 11.6.